The van der Waals surface area contributed by atoms with E-state index in [9.17, 15) is 9.50 Å². The Morgan fingerprint density at radius 1 is 1.53 bits per heavy atom. The molecule has 0 aliphatic carbocycles. The molecule has 0 fully saturated rings. The van der Waals surface area contributed by atoms with Gasteiger partial charge in [-0.1, -0.05) is 11.6 Å². The highest BCUT2D eigenvalue weighted by Gasteiger charge is 2.25. The number of methoxy groups -OCH3 is 1. The van der Waals surface area contributed by atoms with E-state index in [2.05, 4.69) is 0 Å². The van der Waals surface area contributed by atoms with Gasteiger partial charge in [0.1, 0.15) is 0 Å². The van der Waals surface area contributed by atoms with Crippen LogP contribution in [-0.4, -0.2) is 12.2 Å². The Bertz CT molecular complexity index is 388. The maximum atomic E-state index is 13.5. The predicted octanol–water partition coefficient (Wildman–Crippen LogP) is 2.39. The van der Waals surface area contributed by atoms with Crippen LogP contribution in [-0.2, 0) is 5.54 Å². The van der Waals surface area contributed by atoms with Crippen molar-refractivity contribution in [1.29, 1.82) is 0 Å². The summed E-state index contributed by atoms with van der Waals surface area (Å²) >= 11 is 5.78. The number of rotatable bonds is 2. The third kappa shape index (κ3) is 2.16. The van der Waals surface area contributed by atoms with E-state index in [1.165, 1.54) is 13.2 Å². The number of benzene rings is 1. The molecule has 0 aliphatic rings. The highest BCUT2D eigenvalue weighted by molar-refractivity contribution is 6.32. The van der Waals surface area contributed by atoms with Gasteiger partial charge in [-0.3, -0.25) is 0 Å². The predicted molar refractivity (Wildman–Crippen MR) is 56.8 cm³/mol. The van der Waals surface area contributed by atoms with E-state index in [0.717, 1.165) is 0 Å². The van der Waals surface area contributed by atoms with Crippen LogP contribution in [0.15, 0.2) is 6.07 Å². The summed E-state index contributed by atoms with van der Waals surface area (Å²) in [5.41, 5.74) is 5.13. The molecule has 3 N–H and O–H groups in total. The zero-order valence-corrected chi connectivity index (χ0v) is 9.52. The lowest BCUT2D eigenvalue weighted by Crippen LogP contribution is -2.29. The van der Waals surface area contributed by atoms with E-state index in [-0.39, 0.29) is 16.3 Å². The third-order valence-corrected chi connectivity index (χ3v) is 2.33. The first-order valence-electron chi connectivity index (χ1n) is 4.33. The van der Waals surface area contributed by atoms with Gasteiger partial charge in [-0.25, -0.2) is 0 Å². The smallest absolute Gasteiger partial charge is 0.208 e. The number of aromatic hydroxyl groups is 1. The summed E-state index contributed by atoms with van der Waals surface area (Å²) in [7, 11) is 1.27. The van der Waals surface area contributed by atoms with Crippen molar-refractivity contribution in [3.8, 4) is 11.5 Å². The Morgan fingerprint density at radius 3 is 2.47 bits per heavy atom. The second kappa shape index (κ2) is 3.87. The van der Waals surface area contributed by atoms with E-state index in [0.29, 0.717) is 0 Å². The monoisotopic (exact) mass is 233 g/mol. The number of phenolic OH excluding ortho intramolecular Hbond substituents is 1. The van der Waals surface area contributed by atoms with Crippen molar-refractivity contribution in [2.75, 3.05) is 7.11 Å². The van der Waals surface area contributed by atoms with Gasteiger partial charge in [0.15, 0.2) is 11.5 Å². The fraction of sp³-hybridized carbons (Fsp3) is 0.400. The van der Waals surface area contributed by atoms with Gasteiger partial charge in [0.2, 0.25) is 5.82 Å². The molecular formula is C10H13ClFNO2. The minimum absolute atomic E-state index is 0.0846. The van der Waals surface area contributed by atoms with Gasteiger partial charge in [0.05, 0.1) is 12.1 Å². The molecule has 0 aliphatic heterocycles. The molecule has 1 aromatic carbocycles. The van der Waals surface area contributed by atoms with Gasteiger partial charge < -0.3 is 15.6 Å². The molecule has 0 amide bonds. The quantitative estimate of drug-likeness (QED) is 0.825. The van der Waals surface area contributed by atoms with E-state index >= 15 is 0 Å². The van der Waals surface area contributed by atoms with Crippen LogP contribution in [0.5, 0.6) is 11.5 Å². The molecule has 0 saturated carbocycles. The molecule has 0 atom stereocenters. The standard InChI is InChI=1S/C10H13ClFNO2/c1-10(2,13)5-4-6(11)9(15-3)7(12)8(5)14/h4,14H,13H2,1-3H3. The fourth-order valence-electron chi connectivity index (χ4n) is 1.27. The minimum Gasteiger partial charge on any atom is -0.504 e. The van der Waals surface area contributed by atoms with Crippen molar-refractivity contribution in [3.05, 3.63) is 22.5 Å². The van der Waals surface area contributed by atoms with Crippen LogP contribution in [0.25, 0.3) is 0 Å². The number of hydrogen-bond acceptors (Lipinski definition) is 3. The topological polar surface area (TPSA) is 55.5 Å². The maximum absolute atomic E-state index is 13.5. The Hall–Kier alpha value is -1.00. The highest BCUT2D eigenvalue weighted by Crippen LogP contribution is 2.39. The van der Waals surface area contributed by atoms with E-state index in [1.807, 2.05) is 0 Å². The van der Waals surface area contributed by atoms with Crippen molar-refractivity contribution >= 4 is 11.6 Å². The Kier molecular flexibility index (Phi) is 3.11. The lowest BCUT2D eigenvalue weighted by Gasteiger charge is -2.22. The van der Waals surface area contributed by atoms with Crippen LogP contribution in [0.2, 0.25) is 5.02 Å². The Morgan fingerprint density at radius 2 is 2.07 bits per heavy atom. The molecule has 3 nitrogen and oxygen atoms in total. The summed E-state index contributed by atoms with van der Waals surface area (Å²) in [6.45, 7) is 3.29. The van der Waals surface area contributed by atoms with Gasteiger partial charge in [-0.05, 0) is 19.9 Å². The summed E-state index contributed by atoms with van der Waals surface area (Å²) in [6.07, 6.45) is 0. The van der Waals surface area contributed by atoms with Gasteiger partial charge in [-0.2, -0.15) is 4.39 Å². The summed E-state index contributed by atoms with van der Waals surface area (Å²) in [5, 5.41) is 9.66. The van der Waals surface area contributed by atoms with Crippen LogP contribution < -0.4 is 10.5 Å². The summed E-state index contributed by atoms with van der Waals surface area (Å²) in [4.78, 5) is 0. The van der Waals surface area contributed by atoms with Crippen molar-refractivity contribution < 1.29 is 14.2 Å². The lowest BCUT2D eigenvalue weighted by atomic mass is 9.94. The molecule has 0 unspecified atom stereocenters. The van der Waals surface area contributed by atoms with E-state index < -0.39 is 17.1 Å². The van der Waals surface area contributed by atoms with Crippen molar-refractivity contribution in [1.82, 2.24) is 0 Å². The molecule has 0 aromatic heterocycles. The summed E-state index contributed by atoms with van der Waals surface area (Å²) < 4.78 is 18.3. The summed E-state index contributed by atoms with van der Waals surface area (Å²) in [5.74, 6) is -1.59. The maximum Gasteiger partial charge on any atom is 0.208 e. The molecule has 0 saturated heterocycles. The normalized spacial score (nSPS) is 11.6. The van der Waals surface area contributed by atoms with Gasteiger partial charge in [0, 0.05) is 11.1 Å². The Balaban J connectivity index is 3.48. The van der Waals surface area contributed by atoms with Crippen molar-refractivity contribution in [2.24, 2.45) is 5.73 Å². The molecule has 5 heteroatoms. The van der Waals surface area contributed by atoms with Crippen molar-refractivity contribution in [3.63, 3.8) is 0 Å². The second-order valence-corrected chi connectivity index (χ2v) is 4.23. The molecule has 0 spiro atoms. The molecule has 1 rings (SSSR count). The zero-order chi connectivity index (χ0) is 11.8. The molecule has 0 radical (unpaired) electrons. The van der Waals surface area contributed by atoms with Gasteiger partial charge in [-0.15, -0.1) is 0 Å². The fourth-order valence-corrected chi connectivity index (χ4v) is 1.54. The number of halogens is 2. The second-order valence-electron chi connectivity index (χ2n) is 3.82. The first-order valence-corrected chi connectivity index (χ1v) is 4.71. The van der Waals surface area contributed by atoms with E-state index in [1.54, 1.807) is 13.8 Å². The average Bonchev–Trinajstić information content (AvgIpc) is 2.10. The number of hydrogen-bond donors (Lipinski definition) is 2. The molecule has 0 heterocycles. The molecule has 1 aromatic rings. The van der Waals surface area contributed by atoms with Crippen LogP contribution >= 0.6 is 11.6 Å². The van der Waals surface area contributed by atoms with Gasteiger partial charge in [0.25, 0.3) is 0 Å². The van der Waals surface area contributed by atoms with Crippen LogP contribution in [0.3, 0.4) is 0 Å². The number of phenols is 1. The number of nitrogens with two attached hydrogens (primary N) is 1. The average molecular weight is 234 g/mol. The zero-order valence-electron chi connectivity index (χ0n) is 8.77. The number of ether oxygens (including phenoxy) is 1. The first-order chi connectivity index (χ1) is 6.79. The molecule has 15 heavy (non-hydrogen) atoms. The third-order valence-electron chi connectivity index (χ3n) is 2.05. The molecule has 84 valence electrons. The first kappa shape index (κ1) is 12.1. The minimum atomic E-state index is -0.890. The lowest BCUT2D eigenvalue weighted by molar-refractivity contribution is 0.356. The van der Waals surface area contributed by atoms with Crippen LogP contribution in [0, 0.1) is 5.82 Å². The highest BCUT2D eigenvalue weighted by atomic mass is 35.5. The van der Waals surface area contributed by atoms with Crippen molar-refractivity contribution in [2.45, 2.75) is 19.4 Å². The van der Waals surface area contributed by atoms with Gasteiger partial charge >= 0.3 is 0 Å². The molecule has 0 bridgehead atoms. The van der Waals surface area contributed by atoms with Crippen LogP contribution in [0.4, 0.5) is 4.39 Å². The SMILES string of the molecule is COc1c(Cl)cc(C(C)(C)N)c(O)c1F. The van der Waals surface area contributed by atoms with Crippen LogP contribution in [0.1, 0.15) is 19.4 Å². The largest absolute Gasteiger partial charge is 0.504 e. The molecular weight excluding hydrogens is 221 g/mol. The van der Waals surface area contributed by atoms with E-state index in [4.69, 9.17) is 22.1 Å². The summed E-state index contributed by atoms with van der Waals surface area (Å²) in [6, 6.07) is 1.40. The Labute approximate surface area is 92.6 Å².